The van der Waals surface area contributed by atoms with E-state index in [1.54, 1.807) is 13.0 Å². The maximum atomic E-state index is 12.7. The minimum Gasteiger partial charge on any atom is -0.461 e. The highest BCUT2D eigenvalue weighted by Gasteiger charge is 2.22. The molecule has 194 valence electrons. The molecule has 0 radical (unpaired) electrons. The molecule has 0 unspecified atom stereocenters. The molecule has 7 nitrogen and oxygen atoms in total. The Balaban J connectivity index is 1.31. The maximum absolute atomic E-state index is 12.7. The second-order valence-electron chi connectivity index (χ2n) is 9.41. The van der Waals surface area contributed by atoms with E-state index >= 15 is 0 Å². The summed E-state index contributed by atoms with van der Waals surface area (Å²) >= 11 is 0. The second kappa shape index (κ2) is 11.3. The summed E-state index contributed by atoms with van der Waals surface area (Å²) in [6.07, 6.45) is 0.442. The first-order chi connectivity index (χ1) is 18.5. The Morgan fingerprint density at radius 1 is 0.868 bits per heavy atom. The highest BCUT2D eigenvalue weighted by Crippen LogP contribution is 2.28. The fraction of sp³-hybridized carbons (Fsp3) is 0.258. The Bertz CT molecular complexity index is 1400. The molecule has 0 bridgehead atoms. The van der Waals surface area contributed by atoms with E-state index in [1.165, 1.54) is 0 Å². The molecule has 38 heavy (non-hydrogen) atoms. The number of anilines is 1. The molecule has 1 aromatic heterocycles. The highest BCUT2D eigenvalue weighted by molar-refractivity contribution is 5.89. The van der Waals surface area contributed by atoms with Crippen LogP contribution in [0.2, 0.25) is 0 Å². The number of carbonyl (C=O) groups is 2. The van der Waals surface area contributed by atoms with Crippen LogP contribution in [-0.2, 0) is 16.0 Å². The fourth-order valence-electron chi connectivity index (χ4n) is 4.82. The molecule has 0 N–H and O–H groups in total. The van der Waals surface area contributed by atoms with E-state index in [0.29, 0.717) is 26.1 Å². The third-order valence-corrected chi connectivity index (χ3v) is 6.90. The van der Waals surface area contributed by atoms with Crippen molar-refractivity contribution in [3.8, 4) is 16.9 Å². The first-order valence-corrected chi connectivity index (χ1v) is 13.0. The van der Waals surface area contributed by atoms with E-state index in [2.05, 4.69) is 34.3 Å². The number of ether oxygens (including phenoxy) is 1. The molecule has 1 fully saturated rings. The molecule has 0 atom stereocenters. The van der Waals surface area contributed by atoms with Gasteiger partial charge in [0.2, 0.25) is 5.91 Å². The van der Waals surface area contributed by atoms with Gasteiger partial charge < -0.3 is 14.5 Å². The highest BCUT2D eigenvalue weighted by atomic mass is 16.5. The van der Waals surface area contributed by atoms with Crippen molar-refractivity contribution in [2.24, 2.45) is 0 Å². The molecule has 1 saturated heterocycles. The average molecular weight is 509 g/mol. The minimum absolute atomic E-state index is 0.174. The first-order valence-electron chi connectivity index (χ1n) is 13.0. The van der Waals surface area contributed by atoms with Gasteiger partial charge in [0.25, 0.3) is 0 Å². The van der Waals surface area contributed by atoms with Crippen molar-refractivity contribution in [1.82, 2.24) is 14.7 Å². The number of carbonyl (C=O) groups excluding carboxylic acids is 2. The van der Waals surface area contributed by atoms with E-state index in [1.807, 2.05) is 71.1 Å². The van der Waals surface area contributed by atoms with E-state index in [0.717, 1.165) is 46.8 Å². The van der Waals surface area contributed by atoms with Crippen molar-refractivity contribution in [1.29, 1.82) is 0 Å². The van der Waals surface area contributed by atoms with Gasteiger partial charge in [-0.2, -0.15) is 5.10 Å². The number of amides is 1. The number of aromatic nitrogens is 2. The number of aryl methyl sites for hydroxylation is 1. The van der Waals surface area contributed by atoms with Crippen LogP contribution < -0.4 is 4.90 Å². The molecule has 1 amide bonds. The monoisotopic (exact) mass is 508 g/mol. The number of hydrogen-bond acceptors (Lipinski definition) is 5. The Hall–Kier alpha value is -4.39. The van der Waals surface area contributed by atoms with Gasteiger partial charge in [0, 0.05) is 37.4 Å². The van der Waals surface area contributed by atoms with Crippen molar-refractivity contribution in [2.45, 2.75) is 20.3 Å². The largest absolute Gasteiger partial charge is 0.461 e. The van der Waals surface area contributed by atoms with Crippen molar-refractivity contribution in [2.75, 3.05) is 37.7 Å². The van der Waals surface area contributed by atoms with Crippen LogP contribution in [0.4, 0.5) is 5.69 Å². The maximum Gasteiger partial charge on any atom is 0.358 e. The van der Waals surface area contributed by atoms with E-state index in [9.17, 15) is 9.59 Å². The fourth-order valence-corrected chi connectivity index (χ4v) is 4.82. The lowest BCUT2D eigenvalue weighted by atomic mass is 10.1. The lowest BCUT2D eigenvalue weighted by Gasteiger charge is -2.36. The van der Waals surface area contributed by atoms with Crippen LogP contribution in [-0.4, -0.2) is 59.3 Å². The summed E-state index contributed by atoms with van der Waals surface area (Å²) in [6, 6.07) is 28.0. The first kappa shape index (κ1) is 25.3. The Labute approximate surface area is 223 Å². The molecule has 2 heterocycles. The number of para-hydroxylation sites is 1. The third-order valence-electron chi connectivity index (χ3n) is 6.90. The summed E-state index contributed by atoms with van der Waals surface area (Å²) in [5.74, 6) is -0.259. The van der Waals surface area contributed by atoms with Gasteiger partial charge in [0.05, 0.1) is 24.4 Å². The summed E-state index contributed by atoms with van der Waals surface area (Å²) in [7, 11) is 0. The van der Waals surface area contributed by atoms with Crippen LogP contribution in [0.15, 0.2) is 84.9 Å². The Morgan fingerprint density at radius 2 is 1.55 bits per heavy atom. The standard InChI is InChI=1S/C31H32N4O3/c1-3-38-31(37)27-22-29(35(32-27)28-12-8-7-9-23(28)2)25-13-15-26(16-14-25)33-17-19-34(20-18-33)30(36)21-24-10-5-4-6-11-24/h4-16,22H,3,17-21H2,1-2H3. The smallest absolute Gasteiger partial charge is 0.358 e. The van der Waals surface area contributed by atoms with Gasteiger partial charge in [-0.25, -0.2) is 9.48 Å². The molecular weight excluding hydrogens is 476 g/mol. The van der Waals surface area contributed by atoms with Gasteiger partial charge in [0.1, 0.15) is 0 Å². The van der Waals surface area contributed by atoms with Crippen LogP contribution in [0.3, 0.4) is 0 Å². The molecule has 0 spiro atoms. The third kappa shape index (κ3) is 5.47. The summed E-state index contributed by atoms with van der Waals surface area (Å²) in [6.45, 7) is 7.09. The van der Waals surface area contributed by atoms with Gasteiger partial charge in [-0.3, -0.25) is 4.79 Å². The average Bonchev–Trinajstić information content (AvgIpc) is 3.40. The topological polar surface area (TPSA) is 67.7 Å². The van der Waals surface area contributed by atoms with Gasteiger partial charge in [0.15, 0.2) is 5.69 Å². The zero-order valence-electron chi connectivity index (χ0n) is 21.8. The van der Waals surface area contributed by atoms with Gasteiger partial charge >= 0.3 is 5.97 Å². The molecule has 1 aliphatic rings. The normalized spacial score (nSPS) is 13.4. The zero-order valence-corrected chi connectivity index (χ0v) is 21.8. The molecule has 0 aliphatic carbocycles. The molecule has 4 aromatic rings. The number of benzene rings is 3. The predicted molar refractivity (Wildman–Crippen MR) is 149 cm³/mol. The lowest BCUT2D eigenvalue weighted by molar-refractivity contribution is -0.130. The summed E-state index contributed by atoms with van der Waals surface area (Å²) < 4.78 is 7.02. The minimum atomic E-state index is -0.433. The van der Waals surface area contributed by atoms with Gasteiger partial charge in [-0.15, -0.1) is 0 Å². The quantitative estimate of drug-likeness (QED) is 0.332. The van der Waals surface area contributed by atoms with Crippen LogP contribution in [0.5, 0.6) is 0 Å². The van der Waals surface area contributed by atoms with E-state index in [4.69, 9.17) is 4.74 Å². The molecular formula is C31H32N4O3. The Kier molecular flexibility index (Phi) is 7.54. The molecule has 0 saturated carbocycles. The van der Waals surface area contributed by atoms with Crippen molar-refractivity contribution >= 4 is 17.6 Å². The van der Waals surface area contributed by atoms with E-state index < -0.39 is 5.97 Å². The van der Waals surface area contributed by atoms with Crippen LogP contribution in [0, 0.1) is 6.92 Å². The predicted octanol–water partition coefficient (Wildman–Crippen LogP) is 4.92. The molecule has 5 rings (SSSR count). The number of piperazine rings is 1. The van der Waals surface area contributed by atoms with Crippen LogP contribution >= 0.6 is 0 Å². The lowest BCUT2D eigenvalue weighted by Crippen LogP contribution is -2.49. The van der Waals surface area contributed by atoms with Crippen LogP contribution in [0.1, 0.15) is 28.5 Å². The van der Waals surface area contributed by atoms with E-state index in [-0.39, 0.29) is 11.6 Å². The number of rotatable bonds is 7. The molecule has 7 heteroatoms. The SMILES string of the molecule is CCOC(=O)c1cc(-c2ccc(N3CCN(C(=O)Cc4ccccc4)CC3)cc2)n(-c2ccccc2C)n1. The second-order valence-corrected chi connectivity index (χ2v) is 9.41. The van der Waals surface area contributed by atoms with Gasteiger partial charge in [-0.1, -0.05) is 60.7 Å². The van der Waals surface area contributed by atoms with Crippen molar-refractivity contribution < 1.29 is 14.3 Å². The molecule has 3 aromatic carbocycles. The zero-order chi connectivity index (χ0) is 26.5. The summed E-state index contributed by atoms with van der Waals surface area (Å²) in [5, 5.41) is 4.60. The van der Waals surface area contributed by atoms with Gasteiger partial charge in [-0.05, 0) is 49.2 Å². The molecule has 1 aliphatic heterocycles. The van der Waals surface area contributed by atoms with Crippen molar-refractivity contribution in [3.63, 3.8) is 0 Å². The number of hydrogen-bond donors (Lipinski definition) is 0. The van der Waals surface area contributed by atoms with Crippen LogP contribution in [0.25, 0.3) is 16.9 Å². The van der Waals surface area contributed by atoms with Crippen molar-refractivity contribution in [3.05, 3.63) is 102 Å². The number of esters is 1. The summed E-state index contributed by atoms with van der Waals surface area (Å²) in [5.41, 5.74) is 6.19. The number of nitrogens with zero attached hydrogens (tertiary/aromatic N) is 4. The summed E-state index contributed by atoms with van der Waals surface area (Å²) in [4.78, 5) is 29.5. The Morgan fingerprint density at radius 3 is 2.24 bits per heavy atom.